The van der Waals surface area contributed by atoms with Gasteiger partial charge in [0.15, 0.2) is 0 Å². The van der Waals surface area contributed by atoms with Crippen LogP contribution >= 0.6 is 0 Å². The summed E-state index contributed by atoms with van der Waals surface area (Å²) in [6.45, 7) is 3.92. The van der Waals surface area contributed by atoms with E-state index in [9.17, 15) is 18.0 Å². The molecular formula is C15H24N4O4S. The number of fused-ring (bicyclic) bond motifs is 1. The number of rotatable bonds is 5. The summed E-state index contributed by atoms with van der Waals surface area (Å²) in [6.07, 6.45) is 3.35. The first-order chi connectivity index (χ1) is 11.2. The first-order valence-corrected chi connectivity index (χ1v) is 10.0. The Morgan fingerprint density at radius 3 is 2.67 bits per heavy atom. The van der Waals surface area contributed by atoms with Crippen molar-refractivity contribution in [1.29, 1.82) is 0 Å². The lowest BCUT2D eigenvalue weighted by Crippen LogP contribution is -2.33. The summed E-state index contributed by atoms with van der Waals surface area (Å²) in [4.78, 5) is 28.0. The molecule has 0 fully saturated rings. The van der Waals surface area contributed by atoms with Crippen molar-refractivity contribution in [3.8, 4) is 0 Å². The molecule has 0 unspecified atom stereocenters. The van der Waals surface area contributed by atoms with E-state index >= 15 is 0 Å². The Hall–Kier alpha value is -1.90. The highest BCUT2D eigenvalue weighted by molar-refractivity contribution is 7.90. The number of aromatic nitrogens is 2. The van der Waals surface area contributed by atoms with Gasteiger partial charge in [-0.1, -0.05) is 0 Å². The van der Waals surface area contributed by atoms with E-state index in [1.54, 1.807) is 27.7 Å². The van der Waals surface area contributed by atoms with Gasteiger partial charge in [0, 0.05) is 39.4 Å². The Balaban J connectivity index is 2.18. The van der Waals surface area contributed by atoms with Crippen molar-refractivity contribution in [2.75, 3.05) is 32.1 Å². The Bertz CT molecular complexity index is 726. The molecule has 8 nitrogen and oxygen atoms in total. The van der Waals surface area contributed by atoms with Gasteiger partial charge in [-0.15, -0.1) is 0 Å². The molecule has 1 aliphatic heterocycles. The normalized spacial score (nSPS) is 14.9. The zero-order valence-corrected chi connectivity index (χ0v) is 15.2. The summed E-state index contributed by atoms with van der Waals surface area (Å²) in [5, 5.41) is 4.27. The highest BCUT2D eigenvalue weighted by Crippen LogP contribution is 2.18. The van der Waals surface area contributed by atoms with Crippen LogP contribution in [0.4, 0.5) is 0 Å². The van der Waals surface area contributed by atoms with Crippen molar-refractivity contribution in [2.45, 2.75) is 32.9 Å². The maximum absolute atomic E-state index is 12.4. The highest BCUT2D eigenvalue weighted by Gasteiger charge is 2.26. The molecule has 1 aromatic heterocycles. The predicted molar refractivity (Wildman–Crippen MR) is 89.2 cm³/mol. The van der Waals surface area contributed by atoms with Crippen LogP contribution in [0.1, 0.15) is 35.8 Å². The SMILES string of the molecule is CCN(C)C(=O)c1cnn2c1CN(C(=O)CCS(C)(=O)=O)CCC2. The third-order valence-electron chi connectivity index (χ3n) is 4.18. The van der Waals surface area contributed by atoms with E-state index in [2.05, 4.69) is 5.10 Å². The molecule has 0 bridgehead atoms. The van der Waals surface area contributed by atoms with Crippen molar-refractivity contribution < 1.29 is 18.0 Å². The van der Waals surface area contributed by atoms with E-state index in [0.29, 0.717) is 30.9 Å². The Labute approximate surface area is 142 Å². The van der Waals surface area contributed by atoms with Gasteiger partial charge in [0.25, 0.3) is 5.91 Å². The molecule has 1 aromatic rings. The van der Waals surface area contributed by atoms with Crippen LogP contribution < -0.4 is 0 Å². The molecule has 0 N–H and O–H groups in total. The second kappa shape index (κ2) is 7.33. The average Bonchev–Trinajstić information content (AvgIpc) is 2.80. The van der Waals surface area contributed by atoms with Crippen LogP contribution in [0.25, 0.3) is 0 Å². The van der Waals surface area contributed by atoms with Crippen LogP contribution in [0.5, 0.6) is 0 Å². The summed E-state index contributed by atoms with van der Waals surface area (Å²) in [5.74, 6) is -0.493. The number of carbonyl (C=O) groups is 2. The topological polar surface area (TPSA) is 92.6 Å². The van der Waals surface area contributed by atoms with Gasteiger partial charge in [-0.05, 0) is 13.3 Å². The van der Waals surface area contributed by atoms with Crippen molar-refractivity contribution in [2.24, 2.45) is 0 Å². The fraction of sp³-hybridized carbons (Fsp3) is 0.667. The molecule has 9 heteroatoms. The summed E-state index contributed by atoms with van der Waals surface area (Å²) in [7, 11) is -1.46. The zero-order chi connectivity index (χ0) is 17.9. The monoisotopic (exact) mass is 356 g/mol. The molecule has 1 aliphatic rings. The Morgan fingerprint density at radius 1 is 1.33 bits per heavy atom. The molecule has 2 rings (SSSR count). The zero-order valence-electron chi connectivity index (χ0n) is 14.4. The molecule has 2 heterocycles. The maximum atomic E-state index is 12.4. The number of sulfone groups is 1. The lowest BCUT2D eigenvalue weighted by atomic mass is 10.2. The standard InChI is InChI=1S/C15H24N4O4S/c1-4-17(2)15(21)12-10-16-19-8-5-7-18(11-13(12)19)14(20)6-9-24(3,22)23/h10H,4-9,11H2,1-3H3. The van der Waals surface area contributed by atoms with E-state index < -0.39 is 9.84 Å². The molecule has 0 atom stereocenters. The molecule has 0 spiro atoms. The molecule has 134 valence electrons. The smallest absolute Gasteiger partial charge is 0.257 e. The minimum atomic E-state index is -3.18. The predicted octanol–water partition coefficient (Wildman–Crippen LogP) is 0.142. The van der Waals surface area contributed by atoms with Crippen LogP contribution in [0, 0.1) is 0 Å². The summed E-state index contributed by atoms with van der Waals surface area (Å²) in [6, 6.07) is 0. The molecule has 0 saturated heterocycles. The Kier molecular flexibility index (Phi) is 5.63. The minimum Gasteiger partial charge on any atom is -0.342 e. The number of nitrogens with zero attached hydrogens (tertiary/aromatic N) is 4. The van der Waals surface area contributed by atoms with Gasteiger partial charge in [0.05, 0.1) is 29.8 Å². The van der Waals surface area contributed by atoms with Crippen LogP contribution in [0.15, 0.2) is 6.20 Å². The van der Waals surface area contributed by atoms with E-state index in [4.69, 9.17) is 0 Å². The van der Waals surface area contributed by atoms with Gasteiger partial charge in [-0.2, -0.15) is 5.10 Å². The Morgan fingerprint density at radius 2 is 2.04 bits per heavy atom. The first-order valence-electron chi connectivity index (χ1n) is 7.98. The number of hydrogen-bond donors (Lipinski definition) is 0. The van der Waals surface area contributed by atoms with E-state index in [0.717, 1.165) is 12.7 Å². The lowest BCUT2D eigenvalue weighted by Gasteiger charge is -2.21. The molecule has 0 aromatic carbocycles. The summed E-state index contributed by atoms with van der Waals surface area (Å²) in [5.41, 5.74) is 1.22. The van der Waals surface area contributed by atoms with Gasteiger partial charge in [-0.25, -0.2) is 8.42 Å². The second-order valence-corrected chi connectivity index (χ2v) is 8.36. The molecule has 0 radical (unpaired) electrons. The number of hydrogen-bond acceptors (Lipinski definition) is 5. The van der Waals surface area contributed by atoms with E-state index in [1.807, 2.05) is 6.92 Å². The molecule has 24 heavy (non-hydrogen) atoms. The molecule has 0 aliphatic carbocycles. The summed E-state index contributed by atoms with van der Waals surface area (Å²) >= 11 is 0. The number of amides is 2. The van der Waals surface area contributed by atoms with Crippen LogP contribution in [0.3, 0.4) is 0 Å². The quantitative estimate of drug-likeness (QED) is 0.748. The van der Waals surface area contributed by atoms with Gasteiger partial charge in [0.2, 0.25) is 5.91 Å². The highest BCUT2D eigenvalue weighted by atomic mass is 32.2. The minimum absolute atomic E-state index is 0.0366. The molecule has 2 amide bonds. The van der Waals surface area contributed by atoms with Crippen molar-refractivity contribution in [3.05, 3.63) is 17.5 Å². The number of aryl methyl sites for hydroxylation is 1. The van der Waals surface area contributed by atoms with Gasteiger partial charge in [0.1, 0.15) is 9.84 Å². The van der Waals surface area contributed by atoms with E-state index in [-0.39, 0.29) is 30.5 Å². The van der Waals surface area contributed by atoms with Gasteiger partial charge >= 0.3 is 0 Å². The van der Waals surface area contributed by atoms with Crippen molar-refractivity contribution in [3.63, 3.8) is 0 Å². The van der Waals surface area contributed by atoms with Gasteiger partial charge in [-0.3, -0.25) is 14.3 Å². The lowest BCUT2D eigenvalue weighted by molar-refractivity contribution is -0.131. The van der Waals surface area contributed by atoms with Crippen molar-refractivity contribution >= 4 is 21.7 Å². The van der Waals surface area contributed by atoms with Crippen LogP contribution in [0.2, 0.25) is 0 Å². The largest absolute Gasteiger partial charge is 0.342 e. The molecular weight excluding hydrogens is 332 g/mol. The maximum Gasteiger partial charge on any atom is 0.257 e. The second-order valence-electron chi connectivity index (χ2n) is 6.10. The number of carbonyl (C=O) groups excluding carboxylic acids is 2. The summed E-state index contributed by atoms with van der Waals surface area (Å²) < 4.78 is 24.3. The van der Waals surface area contributed by atoms with Crippen LogP contribution in [-0.4, -0.2) is 72.0 Å². The third kappa shape index (κ3) is 4.34. The first kappa shape index (κ1) is 18.4. The van der Waals surface area contributed by atoms with Crippen LogP contribution in [-0.2, 0) is 27.7 Å². The van der Waals surface area contributed by atoms with E-state index in [1.165, 1.54) is 0 Å². The fourth-order valence-electron chi connectivity index (χ4n) is 2.61. The average molecular weight is 356 g/mol. The van der Waals surface area contributed by atoms with Gasteiger partial charge < -0.3 is 9.80 Å². The fourth-order valence-corrected chi connectivity index (χ4v) is 3.16. The molecule has 0 saturated carbocycles. The third-order valence-corrected chi connectivity index (χ3v) is 5.12. The van der Waals surface area contributed by atoms with Crippen molar-refractivity contribution in [1.82, 2.24) is 19.6 Å².